The molecular weight excluding hydrogens is 354 g/mol. The Hall–Kier alpha value is -3.80. The minimum Gasteiger partial charge on any atom is -0.447 e. The van der Waals surface area contributed by atoms with Crippen molar-refractivity contribution in [3.8, 4) is 11.4 Å². The monoisotopic (exact) mass is 371 g/mol. The Kier molecular flexibility index (Phi) is 4.93. The van der Waals surface area contributed by atoms with Gasteiger partial charge < -0.3 is 4.74 Å². The van der Waals surface area contributed by atoms with Gasteiger partial charge in [0.05, 0.1) is 6.54 Å². The number of carbonyl (C=O) groups is 2. The molecule has 4 rings (SSSR count). The Morgan fingerprint density at radius 1 is 1.04 bits per heavy atom. The zero-order chi connectivity index (χ0) is 19.3. The molecule has 1 aliphatic rings. The van der Waals surface area contributed by atoms with Crippen LogP contribution in [0.3, 0.4) is 0 Å². The van der Waals surface area contributed by atoms with E-state index in [-0.39, 0.29) is 5.78 Å². The molecule has 0 radical (unpaired) electrons. The van der Waals surface area contributed by atoms with Gasteiger partial charge in [0, 0.05) is 34.8 Å². The van der Waals surface area contributed by atoms with E-state index in [1.807, 2.05) is 30.3 Å². The van der Waals surface area contributed by atoms with Gasteiger partial charge in [-0.1, -0.05) is 42.5 Å². The normalized spacial score (nSPS) is 13.7. The van der Waals surface area contributed by atoms with E-state index >= 15 is 0 Å². The zero-order valence-corrected chi connectivity index (χ0v) is 15.0. The Labute approximate surface area is 162 Å². The van der Waals surface area contributed by atoms with Crippen molar-refractivity contribution in [2.24, 2.45) is 0 Å². The van der Waals surface area contributed by atoms with E-state index in [1.54, 1.807) is 42.7 Å². The SMILES string of the molecule is O=C(/C=C\c1cnc(-c2ccccc2)nc1)c1cccc(N2CCOC2=O)c1. The average Bonchev–Trinajstić information content (AvgIpc) is 3.19. The first-order chi connectivity index (χ1) is 13.7. The number of anilines is 1. The van der Waals surface area contributed by atoms with Crippen LogP contribution >= 0.6 is 0 Å². The van der Waals surface area contributed by atoms with Crippen LogP contribution in [0, 0.1) is 0 Å². The minimum atomic E-state index is -0.393. The molecule has 3 aromatic rings. The molecule has 1 aliphatic heterocycles. The maximum Gasteiger partial charge on any atom is 0.414 e. The number of nitrogens with zero attached hydrogens (tertiary/aromatic N) is 3. The summed E-state index contributed by atoms with van der Waals surface area (Å²) in [5.74, 6) is 0.468. The molecule has 0 spiro atoms. The maximum absolute atomic E-state index is 12.5. The van der Waals surface area contributed by atoms with Gasteiger partial charge in [0.2, 0.25) is 0 Å². The smallest absolute Gasteiger partial charge is 0.414 e. The highest BCUT2D eigenvalue weighted by Crippen LogP contribution is 2.20. The van der Waals surface area contributed by atoms with E-state index in [0.717, 1.165) is 11.1 Å². The minimum absolute atomic E-state index is 0.165. The van der Waals surface area contributed by atoms with Gasteiger partial charge >= 0.3 is 6.09 Å². The predicted octanol–water partition coefficient (Wildman–Crippen LogP) is 4.00. The second-order valence-electron chi connectivity index (χ2n) is 6.22. The van der Waals surface area contributed by atoms with Crippen LogP contribution in [0.15, 0.2) is 73.1 Å². The topological polar surface area (TPSA) is 72.4 Å². The lowest BCUT2D eigenvalue weighted by Gasteiger charge is -2.13. The lowest BCUT2D eigenvalue weighted by Crippen LogP contribution is -2.23. The number of allylic oxidation sites excluding steroid dienone is 1. The highest BCUT2D eigenvalue weighted by atomic mass is 16.6. The number of hydrogen-bond acceptors (Lipinski definition) is 5. The van der Waals surface area contributed by atoms with Crippen molar-refractivity contribution in [1.29, 1.82) is 0 Å². The van der Waals surface area contributed by atoms with Crippen molar-refractivity contribution in [2.45, 2.75) is 0 Å². The molecule has 0 saturated carbocycles. The van der Waals surface area contributed by atoms with Crippen molar-refractivity contribution >= 4 is 23.6 Å². The standard InChI is InChI=1S/C22H17N3O3/c26-20(18-7-4-8-19(13-18)25-11-12-28-22(25)27)10-9-16-14-23-21(24-15-16)17-5-2-1-3-6-17/h1-10,13-15H,11-12H2/b10-9-. The molecule has 0 unspecified atom stereocenters. The third-order valence-electron chi connectivity index (χ3n) is 4.33. The van der Waals surface area contributed by atoms with E-state index in [0.29, 0.717) is 30.2 Å². The van der Waals surface area contributed by atoms with E-state index < -0.39 is 6.09 Å². The maximum atomic E-state index is 12.5. The third-order valence-corrected chi connectivity index (χ3v) is 4.33. The van der Waals surface area contributed by atoms with Crippen LogP contribution < -0.4 is 4.90 Å². The summed E-state index contributed by atoms with van der Waals surface area (Å²) in [6, 6.07) is 16.6. The van der Waals surface area contributed by atoms with Crippen LogP contribution in [0.5, 0.6) is 0 Å². The van der Waals surface area contributed by atoms with Gasteiger partial charge in [-0.15, -0.1) is 0 Å². The van der Waals surface area contributed by atoms with E-state index in [9.17, 15) is 9.59 Å². The van der Waals surface area contributed by atoms with Crippen molar-refractivity contribution in [3.05, 3.63) is 84.2 Å². The number of ether oxygens (including phenoxy) is 1. The fourth-order valence-corrected chi connectivity index (χ4v) is 2.88. The molecule has 0 aliphatic carbocycles. The van der Waals surface area contributed by atoms with E-state index in [1.165, 1.54) is 11.0 Å². The van der Waals surface area contributed by atoms with Crippen molar-refractivity contribution < 1.29 is 14.3 Å². The summed E-state index contributed by atoms with van der Waals surface area (Å²) in [7, 11) is 0. The Bertz CT molecular complexity index is 1030. The second-order valence-corrected chi connectivity index (χ2v) is 6.22. The largest absolute Gasteiger partial charge is 0.447 e. The molecule has 6 nitrogen and oxygen atoms in total. The van der Waals surface area contributed by atoms with Crippen LogP contribution in [-0.4, -0.2) is 35.0 Å². The number of benzene rings is 2. The van der Waals surface area contributed by atoms with Crippen LogP contribution in [0.2, 0.25) is 0 Å². The quantitative estimate of drug-likeness (QED) is 0.501. The summed E-state index contributed by atoms with van der Waals surface area (Å²) in [6.07, 6.45) is 6.11. The Morgan fingerprint density at radius 3 is 2.54 bits per heavy atom. The van der Waals surface area contributed by atoms with E-state index in [4.69, 9.17) is 4.74 Å². The highest BCUT2D eigenvalue weighted by Gasteiger charge is 2.23. The Morgan fingerprint density at radius 2 is 1.82 bits per heavy atom. The molecular formula is C22H17N3O3. The highest BCUT2D eigenvalue weighted by molar-refractivity contribution is 6.07. The molecule has 2 heterocycles. The first-order valence-corrected chi connectivity index (χ1v) is 8.85. The summed E-state index contributed by atoms with van der Waals surface area (Å²) in [5, 5.41) is 0. The van der Waals surface area contributed by atoms with Gasteiger partial charge in [-0.2, -0.15) is 0 Å². The number of ketones is 1. The Balaban J connectivity index is 1.47. The molecule has 0 N–H and O–H groups in total. The van der Waals surface area contributed by atoms with Gasteiger partial charge in [0.25, 0.3) is 0 Å². The van der Waals surface area contributed by atoms with Crippen molar-refractivity contribution in [1.82, 2.24) is 9.97 Å². The van der Waals surface area contributed by atoms with Crippen LogP contribution in [-0.2, 0) is 4.74 Å². The fourth-order valence-electron chi connectivity index (χ4n) is 2.88. The van der Waals surface area contributed by atoms with Gasteiger partial charge in [-0.25, -0.2) is 14.8 Å². The van der Waals surface area contributed by atoms with Gasteiger partial charge in [-0.3, -0.25) is 9.69 Å². The summed E-state index contributed by atoms with van der Waals surface area (Å²) in [4.78, 5) is 34.4. The fraction of sp³-hybridized carbons (Fsp3) is 0.0909. The lowest BCUT2D eigenvalue weighted by molar-refractivity contribution is 0.104. The zero-order valence-electron chi connectivity index (χ0n) is 15.0. The van der Waals surface area contributed by atoms with Crippen molar-refractivity contribution in [3.63, 3.8) is 0 Å². The molecule has 2 aromatic carbocycles. The second kappa shape index (κ2) is 7.84. The predicted molar refractivity (Wildman–Crippen MR) is 106 cm³/mol. The van der Waals surface area contributed by atoms with Crippen LogP contribution in [0.1, 0.15) is 15.9 Å². The molecule has 138 valence electrons. The molecule has 1 saturated heterocycles. The van der Waals surface area contributed by atoms with E-state index in [2.05, 4.69) is 9.97 Å². The molecule has 0 bridgehead atoms. The number of hydrogen-bond donors (Lipinski definition) is 0. The molecule has 6 heteroatoms. The molecule has 1 aromatic heterocycles. The lowest BCUT2D eigenvalue weighted by atomic mass is 10.1. The van der Waals surface area contributed by atoms with Gasteiger partial charge in [0.1, 0.15) is 6.61 Å². The number of carbonyl (C=O) groups excluding carboxylic acids is 2. The summed E-state index contributed by atoms with van der Waals surface area (Å²) in [5.41, 5.74) is 2.81. The summed E-state index contributed by atoms with van der Waals surface area (Å²) >= 11 is 0. The number of rotatable bonds is 5. The number of cyclic esters (lactones) is 1. The molecule has 1 fully saturated rings. The first kappa shape index (κ1) is 17.6. The first-order valence-electron chi connectivity index (χ1n) is 8.85. The molecule has 28 heavy (non-hydrogen) atoms. The summed E-state index contributed by atoms with van der Waals surface area (Å²) in [6.45, 7) is 0.841. The average molecular weight is 371 g/mol. The van der Waals surface area contributed by atoms with Gasteiger partial charge in [-0.05, 0) is 24.3 Å². The van der Waals surface area contributed by atoms with Crippen molar-refractivity contribution in [2.75, 3.05) is 18.1 Å². The molecule has 1 amide bonds. The third kappa shape index (κ3) is 3.81. The number of aromatic nitrogens is 2. The van der Waals surface area contributed by atoms with Crippen LogP contribution in [0.4, 0.5) is 10.5 Å². The van der Waals surface area contributed by atoms with Crippen LogP contribution in [0.25, 0.3) is 17.5 Å². The number of amides is 1. The summed E-state index contributed by atoms with van der Waals surface area (Å²) < 4.78 is 4.94. The molecule has 0 atom stereocenters. The van der Waals surface area contributed by atoms with Gasteiger partial charge in [0.15, 0.2) is 11.6 Å².